The van der Waals surface area contributed by atoms with Crippen LogP contribution in [0.25, 0.3) is 5.57 Å². The lowest BCUT2D eigenvalue weighted by molar-refractivity contribution is -0.0402. The van der Waals surface area contributed by atoms with Gasteiger partial charge in [0, 0.05) is 12.6 Å². The van der Waals surface area contributed by atoms with E-state index in [1.54, 1.807) is 0 Å². The summed E-state index contributed by atoms with van der Waals surface area (Å²) in [5.41, 5.74) is 4.51. The molecule has 162 valence electrons. The van der Waals surface area contributed by atoms with Crippen molar-refractivity contribution in [3.63, 3.8) is 0 Å². The first-order chi connectivity index (χ1) is 14.8. The third kappa shape index (κ3) is 4.00. The van der Waals surface area contributed by atoms with Crippen LogP contribution >= 0.6 is 0 Å². The van der Waals surface area contributed by atoms with Crippen LogP contribution in [0.4, 0.5) is 0 Å². The lowest BCUT2D eigenvalue weighted by Gasteiger charge is -2.45. The van der Waals surface area contributed by atoms with Crippen molar-refractivity contribution in [1.82, 2.24) is 4.90 Å². The Labute approximate surface area is 186 Å². The first-order valence-electron chi connectivity index (χ1n) is 11.4. The lowest BCUT2D eigenvalue weighted by atomic mass is 9.78. The summed E-state index contributed by atoms with van der Waals surface area (Å²) in [5, 5.41) is 0. The maximum absolute atomic E-state index is 6.21. The number of benzene rings is 2. The minimum atomic E-state index is -0.318. The molecule has 0 N–H and O–H groups in total. The molecule has 3 aliphatic heterocycles. The molecule has 0 spiro atoms. The van der Waals surface area contributed by atoms with Crippen LogP contribution in [0.3, 0.4) is 0 Å². The van der Waals surface area contributed by atoms with Crippen molar-refractivity contribution in [3.05, 3.63) is 71.8 Å². The van der Waals surface area contributed by atoms with Crippen LogP contribution in [0.2, 0.25) is 0 Å². The topological polar surface area (TPSA) is 30.9 Å². The van der Waals surface area contributed by atoms with Gasteiger partial charge in [0.05, 0.1) is 30.5 Å². The van der Waals surface area contributed by atoms with E-state index in [-0.39, 0.29) is 18.3 Å². The average molecular weight is 417 g/mol. The standard InChI is InChI=1S/C26H32BNO3/c1-25(2)26(3,4)31-27(30-25)22-12-10-20(11-13-22)21-14-23-17-29-18-24(15-21)28(23)16-19-8-6-5-7-9-19/h5-14,23-24H,15-18H2,1-4H3. The van der Waals surface area contributed by atoms with Gasteiger partial charge in [0.25, 0.3) is 0 Å². The fraction of sp³-hybridized carbons (Fsp3) is 0.462. The van der Waals surface area contributed by atoms with Gasteiger partial charge in [-0.3, -0.25) is 4.90 Å². The predicted molar refractivity (Wildman–Crippen MR) is 125 cm³/mol. The largest absolute Gasteiger partial charge is 0.494 e. The van der Waals surface area contributed by atoms with E-state index in [4.69, 9.17) is 14.0 Å². The van der Waals surface area contributed by atoms with Crippen molar-refractivity contribution in [3.8, 4) is 0 Å². The monoisotopic (exact) mass is 417 g/mol. The number of rotatable bonds is 4. The van der Waals surface area contributed by atoms with E-state index >= 15 is 0 Å². The molecule has 2 bridgehead atoms. The molecule has 2 fully saturated rings. The van der Waals surface area contributed by atoms with Crippen molar-refractivity contribution in [2.75, 3.05) is 13.2 Å². The van der Waals surface area contributed by atoms with Gasteiger partial charge >= 0.3 is 7.12 Å². The van der Waals surface area contributed by atoms with E-state index < -0.39 is 0 Å². The summed E-state index contributed by atoms with van der Waals surface area (Å²) in [6.07, 6.45) is 3.42. The third-order valence-corrected chi connectivity index (χ3v) is 7.36. The molecule has 3 aliphatic rings. The van der Waals surface area contributed by atoms with Gasteiger partial charge in [-0.2, -0.15) is 0 Å². The molecule has 5 heteroatoms. The molecule has 0 saturated carbocycles. The third-order valence-electron chi connectivity index (χ3n) is 7.36. The normalized spacial score (nSPS) is 27.2. The molecular formula is C26H32BNO3. The minimum Gasteiger partial charge on any atom is -0.399 e. The van der Waals surface area contributed by atoms with Crippen molar-refractivity contribution >= 4 is 18.2 Å². The zero-order chi connectivity index (χ0) is 21.6. The molecule has 4 nitrogen and oxygen atoms in total. The highest BCUT2D eigenvalue weighted by Gasteiger charge is 2.51. The van der Waals surface area contributed by atoms with E-state index in [0.29, 0.717) is 12.1 Å². The highest BCUT2D eigenvalue weighted by atomic mass is 16.7. The van der Waals surface area contributed by atoms with E-state index in [1.165, 1.54) is 16.7 Å². The summed E-state index contributed by atoms with van der Waals surface area (Å²) in [4.78, 5) is 2.60. The number of fused-ring (bicyclic) bond motifs is 2. The maximum atomic E-state index is 6.21. The molecule has 0 aliphatic carbocycles. The quantitative estimate of drug-likeness (QED) is 0.703. The molecule has 2 atom stereocenters. The molecule has 2 aromatic carbocycles. The summed E-state index contributed by atoms with van der Waals surface area (Å²) >= 11 is 0. The van der Waals surface area contributed by atoms with Gasteiger partial charge in [-0.1, -0.05) is 60.7 Å². The van der Waals surface area contributed by atoms with Gasteiger partial charge in [0.2, 0.25) is 0 Å². The van der Waals surface area contributed by atoms with Gasteiger partial charge in [-0.25, -0.2) is 0 Å². The SMILES string of the molecule is CC1(C)OB(c2ccc(C3=CC4COCC(C3)N4Cc3ccccc3)cc2)OC1(C)C. The Hall–Kier alpha value is -1.92. The molecule has 31 heavy (non-hydrogen) atoms. The van der Waals surface area contributed by atoms with Gasteiger partial charge in [-0.05, 0) is 56.3 Å². The Kier molecular flexibility index (Phi) is 5.34. The fourth-order valence-electron chi connectivity index (χ4n) is 4.75. The van der Waals surface area contributed by atoms with Gasteiger partial charge in [0.15, 0.2) is 0 Å². The second-order valence-electron chi connectivity index (χ2n) is 10.0. The first kappa shape index (κ1) is 21.0. The highest BCUT2D eigenvalue weighted by molar-refractivity contribution is 6.62. The van der Waals surface area contributed by atoms with Crippen LogP contribution in [-0.4, -0.2) is 48.5 Å². The summed E-state index contributed by atoms with van der Waals surface area (Å²) in [6, 6.07) is 20.2. The Bertz CT molecular complexity index is 938. The van der Waals surface area contributed by atoms with Gasteiger partial charge < -0.3 is 14.0 Å². The molecule has 5 rings (SSSR count). The Balaban J connectivity index is 1.33. The molecule has 3 heterocycles. The smallest absolute Gasteiger partial charge is 0.399 e. The number of hydrogen-bond acceptors (Lipinski definition) is 4. The summed E-state index contributed by atoms with van der Waals surface area (Å²) in [5.74, 6) is 0. The Morgan fingerprint density at radius 1 is 0.903 bits per heavy atom. The Morgan fingerprint density at radius 2 is 1.58 bits per heavy atom. The van der Waals surface area contributed by atoms with Crippen molar-refractivity contribution in [2.24, 2.45) is 0 Å². The van der Waals surface area contributed by atoms with E-state index in [1.807, 2.05) is 0 Å². The van der Waals surface area contributed by atoms with E-state index in [2.05, 4.69) is 93.3 Å². The van der Waals surface area contributed by atoms with E-state index in [9.17, 15) is 0 Å². The van der Waals surface area contributed by atoms with Gasteiger partial charge in [-0.15, -0.1) is 0 Å². The fourth-order valence-corrected chi connectivity index (χ4v) is 4.75. The zero-order valence-electron chi connectivity index (χ0n) is 19.0. The number of nitrogens with zero attached hydrogens (tertiary/aromatic N) is 1. The summed E-state index contributed by atoms with van der Waals surface area (Å²) < 4.78 is 18.3. The van der Waals surface area contributed by atoms with Crippen molar-refractivity contribution in [2.45, 2.75) is 63.9 Å². The highest BCUT2D eigenvalue weighted by Crippen LogP contribution is 2.37. The van der Waals surface area contributed by atoms with Crippen molar-refractivity contribution in [1.29, 1.82) is 0 Å². The number of hydrogen-bond donors (Lipinski definition) is 0. The average Bonchev–Trinajstić information content (AvgIpc) is 2.96. The molecule has 0 aromatic heterocycles. The van der Waals surface area contributed by atoms with Crippen LogP contribution < -0.4 is 5.46 Å². The van der Waals surface area contributed by atoms with Crippen LogP contribution in [-0.2, 0) is 20.6 Å². The molecule has 0 amide bonds. The second kappa shape index (κ2) is 7.89. The number of ether oxygens (including phenoxy) is 1. The zero-order valence-corrected chi connectivity index (χ0v) is 19.0. The van der Waals surface area contributed by atoms with Crippen LogP contribution in [0.1, 0.15) is 45.2 Å². The van der Waals surface area contributed by atoms with Crippen LogP contribution in [0, 0.1) is 0 Å². The molecule has 0 radical (unpaired) electrons. The van der Waals surface area contributed by atoms with E-state index in [0.717, 1.165) is 31.6 Å². The maximum Gasteiger partial charge on any atom is 0.494 e. The van der Waals surface area contributed by atoms with Crippen molar-refractivity contribution < 1.29 is 14.0 Å². The van der Waals surface area contributed by atoms with Crippen LogP contribution in [0.5, 0.6) is 0 Å². The molecular weight excluding hydrogens is 385 g/mol. The minimum absolute atomic E-state index is 0.312. The summed E-state index contributed by atoms with van der Waals surface area (Å²) in [7, 11) is -0.312. The van der Waals surface area contributed by atoms with Gasteiger partial charge in [0.1, 0.15) is 0 Å². The second-order valence-corrected chi connectivity index (χ2v) is 10.0. The first-order valence-corrected chi connectivity index (χ1v) is 11.4. The molecule has 2 aromatic rings. The van der Waals surface area contributed by atoms with Crippen LogP contribution in [0.15, 0.2) is 60.7 Å². The Morgan fingerprint density at radius 3 is 2.23 bits per heavy atom. The molecule has 2 unspecified atom stereocenters. The predicted octanol–water partition coefficient (Wildman–Crippen LogP) is 4.04. The molecule has 2 saturated heterocycles. The number of morpholine rings is 1. The lowest BCUT2D eigenvalue weighted by Crippen LogP contribution is -2.53. The summed E-state index contributed by atoms with van der Waals surface area (Å²) in [6.45, 7) is 10.9.